The van der Waals surface area contributed by atoms with Gasteiger partial charge in [-0.1, -0.05) is 18.2 Å². The van der Waals surface area contributed by atoms with Crippen molar-refractivity contribution in [3.63, 3.8) is 0 Å². The van der Waals surface area contributed by atoms with Gasteiger partial charge in [0.25, 0.3) is 0 Å². The first kappa shape index (κ1) is 20.0. The van der Waals surface area contributed by atoms with Gasteiger partial charge < -0.3 is 24.8 Å². The number of hydrogen-bond donors (Lipinski definition) is 2. The van der Waals surface area contributed by atoms with Gasteiger partial charge in [0.1, 0.15) is 17.6 Å². The van der Waals surface area contributed by atoms with Crippen molar-refractivity contribution in [2.24, 2.45) is 4.99 Å². The van der Waals surface area contributed by atoms with Crippen LogP contribution in [0.4, 0.5) is 5.69 Å². The van der Waals surface area contributed by atoms with Gasteiger partial charge in [-0.25, -0.2) is 4.99 Å². The third kappa shape index (κ3) is 5.16. The van der Waals surface area contributed by atoms with E-state index in [0.717, 1.165) is 37.6 Å². The number of nitrogens with zero attached hydrogens (tertiary/aromatic N) is 2. The van der Waals surface area contributed by atoms with E-state index in [1.54, 1.807) is 26.4 Å². The fourth-order valence-electron chi connectivity index (χ4n) is 3.35. The SMILES string of the molecule is COc1ccc(OC)c(C(O)CN=C(Nc2ccccc2)N2CCCCC2)c1. The second-order valence-corrected chi connectivity index (χ2v) is 6.83. The van der Waals surface area contributed by atoms with Crippen LogP contribution in [0, 0.1) is 0 Å². The minimum atomic E-state index is -0.789. The maximum absolute atomic E-state index is 10.8. The molecular formula is C22H29N3O3. The van der Waals surface area contributed by atoms with Crippen LogP contribution in [0.5, 0.6) is 11.5 Å². The van der Waals surface area contributed by atoms with E-state index in [9.17, 15) is 5.11 Å². The molecule has 1 aliphatic heterocycles. The lowest BCUT2D eigenvalue weighted by Gasteiger charge is -2.30. The highest BCUT2D eigenvalue weighted by Crippen LogP contribution is 2.29. The average Bonchev–Trinajstić information content (AvgIpc) is 2.77. The van der Waals surface area contributed by atoms with Crippen LogP contribution in [0.15, 0.2) is 53.5 Å². The Morgan fingerprint density at radius 2 is 1.82 bits per heavy atom. The molecule has 0 saturated carbocycles. The van der Waals surface area contributed by atoms with E-state index in [-0.39, 0.29) is 6.54 Å². The van der Waals surface area contributed by atoms with Crippen LogP contribution in [-0.2, 0) is 0 Å². The zero-order valence-corrected chi connectivity index (χ0v) is 16.6. The lowest BCUT2D eigenvalue weighted by molar-refractivity contribution is 0.181. The topological polar surface area (TPSA) is 66.3 Å². The fourth-order valence-corrected chi connectivity index (χ4v) is 3.35. The average molecular weight is 383 g/mol. The van der Waals surface area contributed by atoms with Gasteiger partial charge in [-0.15, -0.1) is 0 Å². The smallest absolute Gasteiger partial charge is 0.198 e. The van der Waals surface area contributed by atoms with Crippen molar-refractivity contribution < 1.29 is 14.6 Å². The van der Waals surface area contributed by atoms with E-state index < -0.39 is 6.10 Å². The molecule has 0 amide bonds. The molecule has 2 N–H and O–H groups in total. The predicted molar refractivity (Wildman–Crippen MR) is 112 cm³/mol. The molecule has 0 aromatic heterocycles. The van der Waals surface area contributed by atoms with Crippen molar-refractivity contribution in [2.45, 2.75) is 25.4 Å². The second kappa shape index (κ2) is 9.99. The first-order chi connectivity index (χ1) is 13.7. The van der Waals surface area contributed by atoms with Crippen molar-refractivity contribution in [3.05, 3.63) is 54.1 Å². The van der Waals surface area contributed by atoms with E-state index in [2.05, 4.69) is 10.2 Å². The van der Waals surface area contributed by atoms with Crippen LogP contribution in [0.1, 0.15) is 30.9 Å². The number of benzene rings is 2. The van der Waals surface area contributed by atoms with Crippen molar-refractivity contribution >= 4 is 11.6 Å². The van der Waals surface area contributed by atoms with Crippen molar-refractivity contribution in [3.8, 4) is 11.5 Å². The number of methoxy groups -OCH3 is 2. The summed E-state index contributed by atoms with van der Waals surface area (Å²) in [5.41, 5.74) is 1.66. The normalized spacial score (nSPS) is 15.8. The number of aliphatic imine (C=N–C) groups is 1. The molecule has 1 heterocycles. The van der Waals surface area contributed by atoms with Gasteiger partial charge in [-0.3, -0.25) is 0 Å². The van der Waals surface area contributed by atoms with Crippen LogP contribution in [0.3, 0.4) is 0 Å². The number of hydrogen-bond acceptors (Lipinski definition) is 4. The van der Waals surface area contributed by atoms with Crippen molar-refractivity contribution in [1.82, 2.24) is 4.90 Å². The fraction of sp³-hybridized carbons (Fsp3) is 0.409. The number of aliphatic hydroxyl groups is 1. The summed E-state index contributed by atoms with van der Waals surface area (Å²) in [6.07, 6.45) is 2.77. The van der Waals surface area contributed by atoms with Gasteiger partial charge in [0.2, 0.25) is 0 Å². The van der Waals surface area contributed by atoms with Crippen LogP contribution < -0.4 is 14.8 Å². The summed E-state index contributed by atoms with van der Waals surface area (Å²) in [6, 6.07) is 15.4. The number of piperidine rings is 1. The number of guanidine groups is 1. The third-order valence-electron chi connectivity index (χ3n) is 4.90. The molecule has 28 heavy (non-hydrogen) atoms. The van der Waals surface area contributed by atoms with E-state index in [4.69, 9.17) is 14.5 Å². The third-order valence-corrected chi connectivity index (χ3v) is 4.90. The number of likely N-dealkylation sites (tertiary alicyclic amines) is 1. The van der Waals surface area contributed by atoms with Gasteiger partial charge in [0.15, 0.2) is 5.96 Å². The Bertz CT molecular complexity index is 774. The predicted octanol–water partition coefficient (Wildman–Crippen LogP) is 3.69. The van der Waals surface area contributed by atoms with Gasteiger partial charge in [0, 0.05) is 24.3 Å². The van der Waals surface area contributed by atoms with Crippen LogP contribution in [0.2, 0.25) is 0 Å². The zero-order chi connectivity index (χ0) is 19.8. The molecule has 3 rings (SSSR count). The summed E-state index contributed by atoms with van der Waals surface area (Å²) in [6.45, 7) is 2.17. The highest BCUT2D eigenvalue weighted by molar-refractivity contribution is 5.93. The van der Waals surface area contributed by atoms with Gasteiger partial charge in [-0.05, 0) is 49.6 Å². The zero-order valence-electron chi connectivity index (χ0n) is 16.6. The van der Waals surface area contributed by atoms with Crippen LogP contribution in [0.25, 0.3) is 0 Å². The van der Waals surface area contributed by atoms with Crippen LogP contribution >= 0.6 is 0 Å². The first-order valence-electron chi connectivity index (χ1n) is 9.72. The Hall–Kier alpha value is -2.73. The molecule has 0 bridgehead atoms. The molecular weight excluding hydrogens is 354 g/mol. The van der Waals surface area contributed by atoms with Gasteiger partial charge >= 0.3 is 0 Å². The van der Waals surface area contributed by atoms with Gasteiger partial charge in [-0.2, -0.15) is 0 Å². The maximum atomic E-state index is 10.8. The number of para-hydroxylation sites is 1. The molecule has 1 fully saturated rings. The van der Waals surface area contributed by atoms with Crippen LogP contribution in [-0.4, -0.2) is 49.8 Å². The number of rotatable bonds is 6. The summed E-state index contributed by atoms with van der Waals surface area (Å²) < 4.78 is 10.7. The second-order valence-electron chi connectivity index (χ2n) is 6.83. The van der Waals surface area contributed by atoms with Crippen molar-refractivity contribution in [1.29, 1.82) is 0 Å². The quantitative estimate of drug-likeness (QED) is 0.588. The Balaban J connectivity index is 1.79. The largest absolute Gasteiger partial charge is 0.497 e. The summed E-state index contributed by atoms with van der Waals surface area (Å²) in [5, 5.41) is 14.2. The Morgan fingerprint density at radius 1 is 1.07 bits per heavy atom. The van der Waals surface area contributed by atoms with E-state index >= 15 is 0 Å². The van der Waals surface area contributed by atoms with E-state index in [1.807, 2.05) is 36.4 Å². The maximum Gasteiger partial charge on any atom is 0.198 e. The van der Waals surface area contributed by atoms with E-state index in [1.165, 1.54) is 6.42 Å². The standard InChI is InChI=1S/C22H29N3O3/c1-27-18-11-12-21(28-2)19(15-18)20(26)16-23-22(25-13-7-4-8-14-25)24-17-9-5-3-6-10-17/h3,5-6,9-12,15,20,26H,4,7-8,13-14,16H2,1-2H3,(H,23,24). The minimum absolute atomic E-state index is 0.231. The monoisotopic (exact) mass is 383 g/mol. The Morgan fingerprint density at radius 3 is 2.50 bits per heavy atom. The highest BCUT2D eigenvalue weighted by Gasteiger charge is 2.18. The molecule has 1 saturated heterocycles. The molecule has 2 aromatic carbocycles. The van der Waals surface area contributed by atoms with Crippen molar-refractivity contribution in [2.75, 3.05) is 39.2 Å². The van der Waals surface area contributed by atoms with Gasteiger partial charge in [0.05, 0.1) is 20.8 Å². The molecule has 2 aromatic rings. The molecule has 0 aliphatic carbocycles. The lowest BCUT2D eigenvalue weighted by atomic mass is 10.1. The number of nitrogens with one attached hydrogen (secondary N) is 1. The highest BCUT2D eigenvalue weighted by atomic mass is 16.5. The molecule has 1 unspecified atom stereocenters. The first-order valence-corrected chi connectivity index (χ1v) is 9.72. The molecule has 6 heteroatoms. The molecule has 1 aliphatic rings. The molecule has 0 spiro atoms. The van der Waals surface area contributed by atoms with E-state index in [0.29, 0.717) is 17.1 Å². The number of aliphatic hydroxyl groups excluding tert-OH is 1. The molecule has 6 nitrogen and oxygen atoms in total. The summed E-state index contributed by atoms with van der Waals surface area (Å²) >= 11 is 0. The minimum Gasteiger partial charge on any atom is -0.497 e. The summed E-state index contributed by atoms with van der Waals surface area (Å²) in [7, 11) is 3.20. The summed E-state index contributed by atoms with van der Waals surface area (Å²) in [4.78, 5) is 6.99. The molecule has 0 radical (unpaired) electrons. The number of anilines is 1. The molecule has 1 atom stereocenters. The summed E-state index contributed by atoms with van der Waals surface area (Å²) in [5.74, 6) is 2.10. The lowest BCUT2D eigenvalue weighted by Crippen LogP contribution is -2.40. The molecule has 150 valence electrons. The Kier molecular flexibility index (Phi) is 7.14. The number of ether oxygens (including phenoxy) is 2. The Labute approximate surface area is 166 Å².